The minimum absolute atomic E-state index is 0.316. The summed E-state index contributed by atoms with van der Waals surface area (Å²) in [4.78, 5) is 1.89. The van der Waals surface area contributed by atoms with E-state index in [9.17, 15) is 5.11 Å². The van der Waals surface area contributed by atoms with Gasteiger partial charge in [-0.2, -0.15) is 10.4 Å². The monoisotopic (exact) mass is 190 g/mol. The second-order valence-corrected chi connectivity index (χ2v) is 3.27. The van der Waals surface area contributed by atoms with Gasteiger partial charge in [0.15, 0.2) is 5.82 Å². The zero-order valence-electron chi connectivity index (χ0n) is 7.59. The van der Waals surface area contributed by atoms with Gasteiger partial charge < -0.3 is 10.0 Å². The number of aliphatic hydroxyl groups excluding tert-OH is 1. The Bertz CT molecular complexity index is 373. The van der Waals surface area contributed by atoms with Crippen LogP contribution in [0.25, 0.3) is 0 Å². The molecule has 0 amide bonds. The van der Waals surface area contributed by atoms with Crippen LogP contribution in [0.3, 0.4) is 0 Å². The van der Waals surface area contributed by atoms with Crippen LogP contribution in [-0.4, -0.2) is 34.5 Å². The van der Waals surface area contributed by atoms with Crippen molar-refractivity contribution in [3.63, 3.8) is 0 Å². The van der Waals surface area contributed by atoms with Gasteiger partial charge >= 0.3 is 0 Å². The predicted octanol–water partition coefficient (Wildman–Crippen LogP) is -0.0807. The molecule has 1 aliphatic rings. The molecule has 2 rings (SSSR count). The molecule has 1 atom stereocenters. The van der Waals surface area contributed by atoms with Crippen LogP contribution in [0.5, 0.6) is 0 Å². The zero-order valence-corrected chi connectivity index (χ0v) is 7.59. The Hall–Kier alpha value is -1.67. The molecule has 0 radical (unpaired) electrons. The lowest BCUT2D eigenvalue weighted by Crippen LogP contribution is -2.23. The molecule has 72 valence electrons. The van der Waals surface area contributed by atoms with Gasteiger partial charge in [-0.05, 0) is 12.5 Å². The smallest absolute Gasteiger partial charge is 0.169 e. The number of aliphatic hydroxyl groups is 1. The van der Waals surface area contributed by atoms with Gasteiger partial charge in [-0.1, -0.05) is 0 Å². The van der Waals surface area contributed by atoms with Crippen LogP contribution in [0.15, 0.2) is 12.3 Å². The first kappa shape index (κ1) is 8.91. The Balaban J connectivity index is 2.28. The number of nitrogens with zero attached hydrogens (tertiary/aromatic N) is 4. The third kappa shape index (κ3) is 1.52. The summed E-state index contributed by atoms with van der Waals surface area (Å²) in [5.41, 5.74) is 0.508. The quantitative estimate of drug-likeness (QED) is 0.670. The largest absolute Gasteiger partial charge is 0.391 e. The molecule has 1 fully saturated rings. The van der Waals surface area contributed by atoms with Crippen molar-refractivity contribution < 1.29 is 5.11 Å². The van der Waals surface area contributed by atoms with E-state index < -0.39 is 0 Å². The summed E-state index contributed by atoms with van der Waals surface area (Å²) < 4.78 is 0. The van der Waals surface area contributed by atoms with E-state index in [-0.39, 0.29) is 6.10 Å². The van der Waals surface area contributed by atoms with Crippen LogP contribution in [0.2, 0.25) is 0 Å². The maximum Gasteiger partial charge on any atom is 0.169 e. The molecular formula is C9H10N4O. The number of hydrogen-bond donors (Lipinski definition) is 1. The first-order chi connectivity index (χ1) is 6.81. The molecule has 14 heavy (non-hydrogen) atoms. The van der Waals surface area contributed by atoms with Crippen LogP contribution in [0, 0.1) is 11.3 Å². The highest BCUT2D eigenvalue weighted by atomic mass is 16.3. The van der Waals surface area contributed by atoms with Crippen LogP contribution in [-0.2, 0) is 0 Å². The number of nitriles is 1. The lowest BCUT2D eigenvalue weighted by molar-refractivity contribution is 0.198. The molecular weight excluding hydrogens is 180 g/mol. The van der Waals surface area contributed by atoms with E-state index in [0.29, 0.717) is 17.9 Å². The second kappa shape index (κ2) is 3.60. The molecule has 2 heterocycles. The van der Waals surface area contributed by atoms with Gasteiger partial charge in [-0.15, -0.1) is 5.10 Å². The number of aromatic nitrogens is 2. The minimum atomic E-state index is -0.316. The first-order valence-corrected chi connectivity index (χ1v) is 4.46. The van der Waals surface area contributed by atoms with Crippen LogP contribution in [0.4, 0.5) is 5.82 Å². The lowest BCUT2D eigenvalue weighted by atomic mass is 10.3. The van der Waals surface area contributed by atoms with Crippen LogP contribution >= 0.6 is 0 Å². The zero-order chi connectivity index (χ0) is 9.97. The molecule has 5 nitrogen and oxygen atoms in total. The van der Waals surface area contributed by atoms with Crippen molar-refractivity contribution in [1.82, 2.24) is 10.2 Å². The first-order valence-electron chi connectivity index (χ1n) is 4.46. The molecule has 5 heteroatoms. The summed E-state index contributed by atoms with van der Waals surface area (Å²) in [7, 11) is 0. The number of anilines is 1. The van der Waals surface area contributed by atoms with E-state index in [1.54, 1.807) is 6.07 Å². The summed E-state index contributed by atoms with van der Waals surface area (Å²) in [6.45, 7) is 1.27. The summed E-state index contributed by atoms with van der Waals surface area (Å²) >= 11 is 0. The van der Waals surface area contributed by atoms with Crippen molar-refractivity contribution in [3.05, 3.63) is 17.8 Å². The molecule has 0 unspecified atom stereocenters. The molecule has 1 saturated heterocycles. The predicted molar refractivity (Wildman–Crippen MR) is 49.6 cm³/mol. The highest BCUT2D eigenvalue weighted by molar-refractivity contribution is 5.53. The fourth-order valence-electron chi connectivity index (χ4n) is 1.58. The SMILES string of the molecule is N#Cc1ccnnc1N1CC[C@H](O)C1. The number of rotatable bonds is 1. The second-order valence-electron chi connectivity index (χ2n) is 3.27. The summed E-state index contributed by atoms with van der Waals surface area (Å²) in [6, 6.07) is 3.69. The van der Waals surface area contributed by atoms with E-state index in [0.717, 1.165) is 13.0 Å². The van der Waals surface area contributed by atoms with Gasteiger partial charge in [0.05, 0.1) is 17.9 Å². The van der Waals surface area contributed by atoms with Gasteiger partial charge in [-0.3, -0.25) is 0 Å². The van der Waals surface area contributed by atoms with Gasteiger partial charge in [0.2, 0.25) is 0 Å². The highest BCUT2D eigenvalue weighted by Crippen LogP contribution is 2.20. The Morgan fingerprint density at radius 3 is 3.14 bits per heavy atom. The fraction of sp³-hybridized carbons (Fsp3) is 0.444. The average Bonchev–Trinajstić information content (AvgIpc) is 2.65. The molecule has 0 aromatic carbocycles. The van der Waals surface area contributed by atoms with Crippen molar-refractivity contribution in [3.8, 4) is 6.07 Å². The summed E-state index contributed by atoms with van der Waals surface area (Å²) in [5.74, 6) is 0.576. The molecule has 0 aliphatic carbocycles. The van der Waals surface area contributed by atoms with E-state index in [4.69, 9.17) is 5.26 Å². The minimum Gasteiger partial charge on any atom is -0.391 e. The standard InChI is InChI=1S/C9H10N4O/c10-5-7-1-3-11-12-9(7)13-4-2-8(14)6-13/h1,3,8,14H,2,4,6H2/t8-/m0/s1. The third-order valence-electron chi connectivity index (χ3n) is 2.28. The lowest BCUT2D eigenvalue weighted by Gasteiger charge is -2.16. The van der Waals surface area contributed by atoms with E-state index in [1.807, 2.05) is 4.90 Å². The summed E-state index contributed by atoms with van der Waals surface area (Å²) in [6.07, 6.45) is 1.90. The Morgan fingerprint density at radius 2 is 2.50 bits per heavy atom. The van der Waals surface area contributed by atoms with Gasteiger partial charge in [-0.25, -0.2) is 0 Å². The maximum absolute atomic E-state index is 9.35. The van der Waals surface area contributed by atoms with Gasteiger partial charge in [0.1, 0.15) is 6.07 Å². The molecule has 0 bridgehead atoms. The van der Waals surface area contributed by atoms with E-state index >= 15 is 0 Å². The maximum atomic E-state index is 9.35. The molecule has 0 spiro atoms. The topological polar surface area (TPSA) is 73.0 Å². The highest BCUT2D eigenvalue weighted by Gasteiger charge is 2.23. The fourth-order valence-corrected chi connectivity index (χ4v) is 1.58. The van der Waals surface area contributed by atoms with Crippen molar-refractivity contribution >= 4 is 5.82 Å². The molecule has 1 aromatic heterocycles. The molecule has 1 aromatic rings. The normalized spacial score (nSPS) is 20.9. The van der Waals surface area contributed by atoms with Crippen molar-refractivity contribution in [2.45, 2.75) is 12.5 Å². The Labute approximate surface area is 81.6 Å². The summed E-state index contributed by atoms with van der Waals surface area (Å²) in [5, 5.41) is 25.8. The number of β-amino-alcohol motifs (C(OH)–C–C–N with tert-alkyl or cyclic N) is 1. The van der Waals surface area contributed by atoms with Crippen molar-refractivity contribution in [2.24, 2.45) is 0 Å². The third-order valence-corrected chi connectivity index (χ3v) is 2.28. The molecule has 1 N–H and O–H groups in total. The van der Waals surface area contributed by atoms with Crippen molar-refractivity contribution in [2.75, 3.05) is 18.0 Å². The Kier molecular flexibility index (Phi) is 2.29. The van der Waals surface area contributed by atoms with E-state index in [2.05, 4.69) is 16.3 Å². The Morgan fingerprint density at radius 1 is 1.64 bits per heavy atom. The molecule has 0 saturated carbocycles. The van der Waals surface area contributed by atoms with Gasteiger partial charge in [0, 0.05) is 13.1 Å². The van der Waals surface area contributed by atoms with Crippen LogP contribution < -0.4 is 4.90 Å². The number of hydrogen-bond acceptors (Lipinski definition) is 5. The average molecular weight is 190 g/mol. The van der Waals surface area contributed by atoms with Crippen LogP contribution in [0.1, 0.15) is 12.0 Å². The molecule has 1 aliphatic heterocycles. The van der Waals surface area contributed by atoms with Gasteiger partial charge in [0.25, 0.3) is 0 Å². The van der Waals surface area contributed by atoms with E-state index in [1.165, 1.54) is 6.20 Å². The van der Waals surface area contributed by atoms with Crippen molar-refractivity contribution in [1.29, 1.82) is 5.26 Å².